The summed E-state index contributed by atoms with van der Waals surface area (Å²) >= 11 is 3.30. The van der Waals surface area contributed by atoms with Crippen molar-refractivity contribution in [3.8, 4) is 0 Å². The highest BCUT2D eigenvalue weighted by Gasteiger charge is 2.06. The van der Waals surface area contributed by atoms with E-state index in [9.17, 15) is 9.59 Å². The molecule has 0 aliphatic heterocycles. The topological polar surface area (TPSA) is 79.3 Å². The van der Waals surface area contributed by atoms with Gasteiger partial charge in [-0.05, 0) is 31.2 Å². The Balaban J connectivity index is 1.84. The molecule has 1 heterocycles. The lowest BCUT2D eigenvalue weighted by molar-refractivity contribution is -0.136. The number of carbonyl (C=O) groups excluding carboxylic acids is 1. The Morgan fingerprint density at radius 2 is 2.05 bits per heavy atom. The quantitative estimate of drug-likeness (QED) is 0.760. The Labute approximate surface area is 136 Å². The standard InChI is InChI=1S/C15H16N2O3S2/c1-10-17-12(8-21-10)9-22-13-4-2-11(3-5-13)15(20)16-7-6-14(18)19/h2-5,8H,6-7,9H2,1H3,(H,16,20)(H,18,19). The van der Waals surface area contributed by atoms with Gasteiger partial charge in [-0.2, -0.15) is 0 Å². The van der Waals surface area contributed by atoms with Gasteiger partial charge >= 0.3 is 5.97 Å². The molecule has 1 amide bonds. The third-order valence-corrected chi connectivity index (χ3v) is 4.66. The van der Waals surface area contributed by atoms with Crippen LogP contribution < -0.4 is 5.32 Å². The number of carbonyl (C=O) groups is 2. The highest BCUT2D eigenvalue weighted by Crippen LogP contribution is 2.23. The number of hydrogen-bond acceptors (Lipinski definition) is 5. The molecule has 1 aromatic carbocycles. The number of aliphatic carboxylic acids is 1. The van der Waals surface area contributed by atoms with Crippen molar-refractivity contribution in [3.63, 3.8) is 0 Å². The molecule has 2 rings (SSSR count). The molecule has 22 heavy (non-hydrogen) atoms. The number of hydrogen-bond donors (Lipinski definition) is 2. The first kappa shape index (κ1) is 16.5. The predicted octanol–water partition coefficient (Wildman–Crippen LogP) is 2.95. The van der Waals surface area contributed by atoms with Crippen LogP contribution in [-0.2, 0) is 10.5 Å². The lowest BCUT2D eigenvalue weighted by atomic mass is 10.2. The molecule has 0 aliphatic carbocycles. The average molecular weight is 336 g/mol. The van der Waals surface area contributed by atoms with Gasteiger partial charge in [0.2, 0.25) is 0 Å². The fraction of sp³-hybridized carbons (Fsp3) is 0.267. The summed E-state index contributed by atoms with van der Waals surface area (Å²) in [5, 5.41) is 14.2. The van der Waals surface area contributed by atoms with Crippen molar-refractivity contribution in [2.75, 3.05) is 6.54 Å². The first-order valence-corrected chi connectivity index (χ1v) is 8.55. The lowest BCUT2D eigenvalue weighted by Gasteiger charge is -2.05. The Bertz CT molecular complexity index is 653. The predicted molar refractivity (Wildman–Crippen MR) is 87.4 cm³/mol. The highest BCUT2D eigenvalue weighted by atomic mass is 32.2. The number of nitrogens with one attached hydrogen (secondary N) is 1. The molecule has 1 aromatic heterocycles. The fourth-order valence-corrected chi connectivity index (χ4v) is 3.23. The number of amides is 1. The monoisotopic (exact) mass is 336 g/mol. The van der Waals surface area contributed by atoms with E-state index in [-0.39, 0.29) is 18.9 Å². The van der Waals surface area contributed by atoms with E-state index in [4.69, 9.17) is 5.11 Å². The zero-order valence-electron chi connectivity index (χ0n) is 12.0. The molecule has 5 nitrogen and oxygen atoms in total. The summed E-state index contributed by atoms with van der Waals surface area (Å²) < 4.78 is 0. The SMILES string of the molecule is Cc1nc(CSc2ccc(C(=O)NCCC(=O)O)cc2)cs1. The third-order valence-electron chi connectivity index (χ3n) is 2.79. The van der Waals surface area contributed by atoms with Crippen LogP contribution in [0.1, 0.15) is 27.5 Å². The molecule has 7 heteroatoms. The van der Waals surface area contributed by atoms with Crippen molar-refractivity contribution < 1.29 is 14.7 Å². The summed E-state index contributed by atoms with van der Waals surface area (Å²) in [4.78, 5) is 27.7. The third kappa shape index (κ3) is 5.16. The van der Waals surface area contributed by atoms with Gasteiger partial charge in [0.1, 0.15) is 0 Å². The molecule has 0 bridgehead atoms. The van der Waals surface area contributed by atoms with Gasteiger partial charge < -0.3 is 10.4 Å². The van der Waals surface area contributed by atoms with Gasteiger partial charge in [0.25, 0.3) is 5.91 Å². The largest absolute Gasteiger partial charge is 0.481 e. The molecule has 0 unspecified atom stereocenters. The van der Waals surface area contributed by atoms with E-state index in [1.807, 2.05) is 24.4 Å². The number of carboxylic acid groups (broad SMARTS) is 1. The molecule has 0 spiro atoms. The minimum atomic E-state index is -0.927. The maximum absolute atomic E-state index is 11.8. The molecule has 0 aliphatic rings. The lowest BCUT2D eigenvalue weighted by Crippen LogP contribution is -2.25. The Morgan fingerprint density at radius 1 is 1.32 bits per heavy atom. The molecule has 0 saturated heterocycles. The van der Waals surface area contributed by atoms with Gasteiger partial charge in [-0.3, -0.25) is 9.59 Å². The van der Waals surface area contributed by atoms with Crippen LogP contribution in [0.3, 0.4) is 0 Å². The van der Waals surface area contributed by atoms with E-state index in [0.717, 1.165) is 21.3 Å². The van der Waals surface area contributed by atoms with Crippen molar-refractivity contribution in [3.05, 3.63) is 45.9 Å². The van der Waals surface area contributed by atoms with Gasteiger partial charge in [-0.1, -0.05) is 0 Å². The van der Waals surface area contributed by atoms with Crippen molar-refractivity contribution in [1.82, 2.24) is 10.3 Å². The zero-order chi connectivity index (χ0) is 15.9. The van der Waals surface area contributed by atoms with Crippen LogP contribution in [0.15, 0.2) is 34.5 Å². The van der Waals surface area contributed by atoms with Crippen LogP contribution >= 0.6 is 23.1 Å². The molecule has 116 valence electrons. The number of benzene rings is 1. The van der Waals surface area contributed by atoms with E-state index in [2.05, 4.69) is 10.3 Å². The summed E-state index contributed by atoms with van der Waals surface area (Å²) in [5.74, 6) is -0.383. The summed E-state index contributed by atoms with van der Waals surface area (Å²) in [6.07, 6.45) is -0.0767. The van der Waals surface area contributed by atoms with E-state index in [0.29, 0.717) is 5.56 Å². The second kappa shape index (κ2) is 7.95. The Kier molecular flexibility index (Phi) is 5.97. The fourth-order valence-electron chi connectivity index (χ4n) is 1.72. The maximum atomic E-state index is 11.8. The molecular formula is C15H16N2O3S2. The normalized spacial score (nSPS) is 10.4. The number of rotatable bonds is 7. The van der Waals surface area contributed by atoms with Crippen molar-refractivity contribution in [1.29, 1.82) is 0 Å². The minimum absolute atomic E-state index is 0.0767. The van der Waals surface area contributed by atoms with Crippen LogP contribution in [0.2, 0.25) is 0 Å². The zero-order valence-corrected chi connectivity index (χ0v) is 13.7. The number of aryl methyl sites for hydroxylation is 1. The molecule has 2 N–H and O–H groups in total. The number of nitrogens with zero attached hydrogens (tertiary/aromatic N) is 1. The van der Waals surface area contributed by atoms with E-state index in [1.165, 1.54) is 0 Å². The smallest absolute Gasteiger partial charge is 0.305 e. The minimum Gasteiger partial charge on any atom is -0.481 e. The molecule has 2 aromatic rings. The van der Waals surface area contributed by atoms with Crippen LogP contribution in [0.5, 0.6) is 0 Å². The van der Waals surface area contributed by atoms with Gasteiger partial charge in [0.15, 0.2) is 0 Å². The van der Waals surface area contributed by atoms with Gasteiger partial charge in [0, 0.05) is 28.1 Å². The van der Waals surface area contributed by atoms with Gasteiger partial charge in [-0.15, -0.1) is 23.1 Å². The van der Waals surface area contributed by atoms with E-state index < -0.39 is 5.97 Å². The van der Waals surface area contributed by atoms with Gasteiger partial charge in [0.05, 0.1) is 17.1 Å². The first-order valence-electron chi connectivity index (χ1n) is 6.68. The van der Waals surface area contributed by atoms with Crippen LogP contribution in [-0.4, -0.2) is 28.5 Å². The van der Waals surface area contributed by atoms with Crippen LogP contribution in [0.4, 0.5) is 0 Å². The first-order chi connectivity index (χ1) is 10.5. The Hall–Kier alpha value is -1.86. The summed E-state index contributed by atoms with van der Waals surface area (Å²) in [5.41, 5.74) is 1.59. The highest BCUT2D eigenvalue weighted by molar-refractivity contribution is 7.98. The summed E-state index contributed by atoms with van der Waals surface area (Å²) in [7, 11) is 0. The average Bonchev–Trinajstić information content (AvgIpc) is 2.91. The van der Waals surface area contributed by atoms with Crippen molar-refractivity contribution >= 4 is 35.0 Å². The molecule has 0 atom stereocenters. The Morgan fingerprint density at radius 3 is 2.64 bits per heavy atom. The molecule has 0 fully saturated rings. The molecular weight excluding hydrogens is 320 g/mol. The maximum Gasteiger partial charge on any atom is 0.305 e. The number of carboxylic acids is 1. The molecule has 0 saturated carbocycles. The summed E-state index contributed by atoms with van der Waals surface area (Å²) in [6, 6.07) is 7.25. The second-order valence-electron chi connectivity index (χ2n) is 4.57. The molecule has 0 radical (unpaired) electrons. The van der Waals surface area contributed by atoms with Crippen LogP contribution in [0.25, 0.3) is 0 Å². The van der Waals surface area contributed by atoms with Crippen molar-refractivity contribution in [2.24, 2.45) is 0 Å². The summed E-state index contributed by atoms with van der Waals surface area (Å²) in [6.45, 7) is 2.12. The van der Waals surface area contributed by atoms with E-state index in [1.54, 1.807) is 35.2 Å². The number of aromatic nitrogens is 1. The van der Waals surface area contributed by atoms with Crippen LogP contribution in [0, 0.1) is 6.92 Å². The second-order valence-corrected chi connectivity index (χ2v) is 6.68. The van der Waals surface area contributed by atoms with Crippen molar-refractivity contribution in [2.45, 2.75) is 24.0 Å². The van der Waals surface area contributed by atoms with Gasteiger partial charge in [-0.25, -0.2) is 4.98 Å². The van der Waals surface area contributed by atoms with E-state index >= 15 is 0 Å². The number of thiazole rings is 1. The number of thioether (sulfide) groups is 1.